The second-order valence-electron chi connectivity index (χ2n) is 7.57. The minimum absolute atomic E-state index is 0.164. The highest BCUT2D eigenvalue weighted by atomic mass is 16.4. The van der Waals surface area contributed by atoms with Gasteiger partial charge in [0.2, 0.25) is 5.91 Å². The Morgan fingerprint density at radius 3 is 3.00 bits per heavy atom. The Kier molecular flexibility index (Phi) is 3.62. The summed E-state index contributed by atoms with van der Waals surface area (Å²) in [5.41, 5.74) is 4.23. The summed E-state index contributed by atoms with van der Waals surface area (Å²) in [6, 6.07) is 8.17. The Morgan fingerprint density at radius 2 is 2.19 bits per heavy atom. The summed E-state index contributed by atoms with van der Waals surface area (Å²) >= 11 is 0. The molecule has 3 heterocycles. The van der Waals surface area contributed by atoms with E-state index in [1.54, 1.807) is 0 Å². The van der Waals surface area contributed by atoms with Gasteiger partial charge in [0.15, 0.2) is 5.89 Å². The topological polar surface area (TPSA) is 62.1 Å². The number of fused-ring (bicyclic) bond motifs is 2. The first-order valence-electron chi connectivity index (χ1n) is 9.51. The molecule has 2 aliphatic rings. The second kappa shape index (κ2) is 6.01. The quantitative estimate of drug-likeness (QED) is 0.781. The van der Waals surface area contributed by atoms with Crippen molar-refractivity contribution < 1.29 is 9.21 Å². The van der Waals surface area contributed by atoms with Gasteiger partial charge in [-0.25, -0.2) is 4.98 Å². The number of benzene rings is 1. The fourth-order valence-corrected chi connectivity index (χ4v) is 4.09. The van der Waals surface area contributed by atoms with Gasteiger partial charge < -0.3 is 14.3 Å². The molecule has 1 aliphatic carbocycles. The van der Waals surface area contributed by atoms with E-state index < -0.39 is 0 Å². The molecule has 3 aromatic rings. The zero-order valence-corrected chi connectivity index (χ0v) is 15.0. The fourth-order valence-electron chi connectivity index (χ4n) is 4.09. The van der Waals surface area contributed by atoms with Crippen LogP contribution in [0.1, 0.15) is 53.8 Å². The standard InChI is InChI=1S/C21H23N3O2/c1-13-16(15-7-2-3-8-17(15)22-13)11-20(25)24-10-9-19-18(12-24)23-21(26-19)14-5-4-6-14/h2-3,7-8,14,22H,4-6,9-12H2,1H3. The van der Waals surface area contributed by atoms with Gasteiger partial charge in [-0.15, -0.1) is 0 Å². The van der Waals surface area contributed by atoms with E-state index in [4.69, 9.17) is 9.40 Å². The monoisotopic (exact) mass is 349 g/mol. The maximum absolute atomic E-state index is 12.9. The number of para-hydroxylation sites is 1. The third kappa shape index (κ3) is 2.54. The van der Waals surface area contributed by atoms with Gasteiger partial charge in [0.05, 0.1) is 13.0 Å². The molecule has 0 atom stereocenters. The average molecular weight is 349 g/mol. The molecular weight excluding hydrogens is 326 g/mol. The van der Waals surface area contributed by atoms with Gasteiger partial charge in [0.25, 0.3) is 0 Å². The Hall–Kier alpha value is -2.56. The van der Waals surface area contributed by atoms with E-state index in [2.05, 4.69) is 17.1 Å². The van der Waals surface area contributed by atoms with Gasteiger partial charge in [-0.05, 0) is 31.4 Å². The lowest BCUT2D eigenvalue weighted by Gasteiger charge is -2.25. The van der Waals surface area contributed by atoms with Crippen LogP contribution in [-0.4, -0.2) is 27.3 Å². The number of rotatable bonds is 3. The molecule has 26 heavy (non-hydrogen) atoms. The van der Waals surface area contributed by atoms with E-state index in [0.29, 0.717) is 25.4 Å². The van der Waals surface area contributed by atoms with Crippen molar-refractivity contribution in [2.75, 3.05) is 6.54 Å². The number of H-pyrrole nitrogens is 1. The number of aromatic nitrogens is 2. The molecule has 0 bridgehead atoms. The van der Waals surface area contributed by atoms with Crippen molar-refractivity contribution in [1.82, 2.24) is 14.9 Å². The summed E-state index contributed by atoms with van der Waals surface area (Å²) in [6.07, 6.45) is 4.84. The molecular formula is C21H23N3O2. The predicted molar refractivity (Wildman–Crippen MR) is 99.0 cm³/mol. The summed E-state index contributed by atoms with van der Waals surface area (Å²) in [4.78, 5) is 22.9. The molecule has 5 rings (SSSR count). The zero-order chi connectivity index (χ0) is 17.7. The van der Waals surface area contributed by atoms with Gasteiger partial charge in [0, 0.05) is 35.5 Å². The Morgan fingerprint density at radius 1 is 1.35 bits per heavy atom. The summed E-state index contributed by atoms with van der Waals surface area (Å²) in [6.45, 7) is 3.33. The third-order valence-corrected chi connectivity index (χ3v) is 5.91. The summed E-state index contributed by atoms with van der Waals surface area (Å²) in [5, 5.41) is 1.14. The number of hydrogen-bond acceptors (Lipinski definition) is 3. The van der Waals surface area contributed by atoms with Crippen LogP contribution in [0.3, 0.4) is 0 Å². The largest absolute Gasteiger partial charge is 0.445 e. The maximum atomic E-state index is 12.9. The number of hydrogen-bond donors (Lipinski definition) is 1. The van der Waals surface area contributed by atoms with Crippen LogP contribution in [0.2, 0.25) is 0 Å². The lowest BCUT2D eigenvalue weighted by atomic mass is 9.85. The van der Waals surface area contributed by atoms with Crippen molar-refractivity contribution in [2.45, 2.75) is 51.5 Å². The van der Waals surface area contributed by atoms with Gasteiger partial charge in [-0.3, -0.25) is 4.79 Å². The molecule has 0 radical (unpaired) electrons. The number of carbonyl (C=O) groups is 1. The number of nitrogens with one attached hydrogen (secondary N) is 1. The van der Waals surface area contributed by atoms with Crippen molar-refractivity contribution >= 4 is 16.8 Å². The molecule has 5 nitrogen and oxygen atoms in total. The summed E-state index contributed by atoms with van der Waals surface area (Å²) in [7, 11) is 0. The van der Waals surface area contributed by atoms with Crippen LogP contribution in [0, 0.1) is 6.92 Å². The molecule has 0 spiro atoms. The average Bonchev–Trinajstić information content (AvgIpc) is 3.13. The minimum atomic E-state index is 0.164. The molecule has 1 amide bonds. The van der Waals surface area contributed by atoms with E-state index in [0.717, 1.165) is 45.9 Å². The first-order chi connectivity index (χ1) is 12.7. The third-order valence-electron chi connectivity index (χ3n) is 5.91. The van der Waals surface area contributed by atoms with E-state index in [1.807, 2.05) is 24.0 Å². The molecule has 1 N–H and O–H groups in total. The minimum Gasteiger partial charge on any atom is -0.445 e. The zero-order valence-electron chi connectivity index (χ0n) is 15.0. The molecule has 134 valence electrons. The van der Waals surface area contributed by atoms with Gasteiger partial charge in [0.1, 0.15) is 11.5 Å². The van der Waals surface area contributed by atoms with E-state index in [9.17, 15) is 4.79 Å². The first kappa shape index (κ1) is 15.7. The second-order valence-corrected chi connectivity index (χ2v) is 7.57. The lowest BCUT2D eigenvalue weighted by molar-refractivity contribution is -0.131. The van der Waals surface area contributed by atoms with Gasteiger partial charge in [-0.1, -0.05) is 24.6 Å². The molecule has 0 saturated heterocycles. The molecule has 5 heteroatoms. The van der Waals surface area contributed by atoms with Gasteiger partial charge >= 0.3 is 0 Å². The number of amides is 1. The van der Waals surface area contributed by atoms with Crippen LogP contribution in [-0.2, 0) is 24.2 Å². The number of aromatic amines is 1. The Bertz CT molecular complexity index is 980. The smallest absolute Gasteiger partial charge is 0.227 e. The molecule has 0 unspecified atom stereocenters. The van der Waals surface area contributed by atoms with Gasteiger partial charge in [-0.2, -0.15) is 0 Å². The number of oxazole rings is 1. The van der Waals surface area contributed by atoms with Crippen molar-refractivity contribution in [3.05, 3.63) is 52.9 Å². The lowest BCUT2D eigenvalue weighted by Crippen LogP contribution is -2.36. The molecule has 1 aliphatic heterocycles. The summed E-state index contributed by atoms with van der Waals surface area (Å²) in [5.74, 6) is 2.54. The van der Waals surface area contributed by atoms with Crippen LogP contribution >= 0.6 is 0 Å². The predicted octanol–water partition coefficient (Wildman–Crippen LogP) is 3.86. The number of aryl methyl sites for hydroxylation is 1. The highest BCUT2D eigenvalue weighted by Crippen LogP contribution is 2.37. The summed E-state index contributed by atoms with van der Waals surface area (Å²) < 4.78 is 5.97. The van der Waals surface area contributed by atoms with Crippen LogP contribution in [0.25, 0.3) is 10.9 Å². The Labute approximate surface area is 152 Å². The van der Waals surface area contributed by atoms with Crippen molar-refractivity contribution in [3.63, 3.8) is 0 Å². The van der Waals surface area contributed by atoms with Crippen LogP contribution < -0.4 is 0 Å². The first-order valence-corrected chi connectivity index (χ1v) is 9.51. The highest BCUT2D eigenvalue weighted by Gasteiger charge is 2.30. The SMILES string of the molecule is Cc1[nH]c2ccccc2c1CC(=O)N1CCc2oc(C3CCC3)nc2C1. The highest BCUT2D eigenvalue weighted by molar-refractivity contribution is 5.90. The number of carbonyl (C=O) groups excluding carboxylic acids is 1. The molecule has 1 saturated carbocycles. The Balaban J connectivity index is 1.34. The fraction of sp³-hybridized carbons (Fsp3) is 0.429. The normalized spacial score (nSPS) is 17.3. The van der Waals surface area contributed by atoms with Crippen molar-refractivity contribution in [1.29, 1.82) is 0 Å². The molecule has 2 aromatic heterocycles. The van der Waals surface area contributed by atoms with Crippen LogP contribution in [0.5, 0.6) is 0 Å². The molecule has 1 fully saturated rings. The van der Waals surface area contributed by atoms with Crippen molar-refractivity contribution in [3.8, 4) is 0 Å². The van der Waals surface area contributed by atoms with E-state index in [1.165, 1.54) is 19.3 Å². The maximum Gasteiger partial charge on any atom is 0.227 e. The van der Waals surface area contributed by atoms with Crippen LogP contribution in [0.4, 0.5) is 0 Å². The number of nitrogens with zero attached hydrogens (tertiary/aromatic N) is 2. The van der Waals surface area contributed by atoms with E-state index in [-0.39, 0.29) is 5.91 Å². The molecule has 1 aromatic carbocycles. The van der Waals surface area contributed by atoms with E-state index >= 15 is 0 Å². The van der Waals surface area contributed by atoms with Crippen molar-refractivity contribution in [2.24, 2.45) is 0 Å². The van der Waals surface area contributed by atoms with Crippen LogP contribution in [0.15, 0.2) is 28.7 Å².